The summed E-state index contributed by atoms with van der Waals surface area (Å²) in [5, 5.41) is 0. The number of pyridine rings is 1. The standard InChI is InChI=1S/C13H10BrFN2O2/c14-11-5-9(15)2-1-8(11)7-19-13(18)12-4-3-10(16)6-17-12/h1-6H,7,16H2. The number of carbonyl (C=O) groups excluding carboxylic acids is 1. The van der Waals surface area contributed by atoms with E-state index in [9.17, 15) is 9.18 Å². The Morgan fingerprint density at radius 3 is 2.79 bits per heavy atom. The Kier molecular flexibility index (Phi) is 4.11. The lowest BCUT2D eigenvalue weighted by Gasteiger charge is -2.06. The maximum Gasteiger partial charge on any atom is 0.357 e. The van der Waals surface area contributed by atoms with Crippen LogP contribution in [0.3, 0.4) is 0 Å². The van der Waals surface area contributed by atoms with Gasteiger partial charge in [0.1, 0.15) is 18.1 Å². The van der Waals surface area contributed by atoms with Gasteiger partial charge in [0.05, 0.1) is 11.9 Å². The lowest BCUT2D eigenvalue weighted by Crippen LogP contribution is -2.07. The van der Waals surface area contributed by atoms with Crippen molar-refractivity contribution in [3.63, 3.8) is 0 Å². The number of nitrogen functional groups attached to an aromatic ring is 1. The normalized spacial score (nSPS) is 10.2. The molecule has 1 aromatic carbocycles. The fourth-order valence-corrected chi connectivity index (χ4v) is 1.85. The lowest BCUT2D eigenvalue weighted by atomic mass is 10.2. The topological polar surface area (TPSA) is 65.2 Å². The zero-order valence-electron chi connectivity index (χ0n) is 9.77. The maximum atomic E-state index is 12.9. The molecule has 0 unspecified atom stereocenters. The van der Waals surface area contributed by atoms with Gasteiger partial charge in [-0.25, -0.2) is 14.2 Å². The highest BCUT2D eigenvalue weighted by Crippen LogP contribution is 2.19. The average molecular weight is 325 g/mol. The van der Waals surface area contributed by atoms with Gasteiger partial charge in [-0.1, -0.05) is 22.0 Å². The quantitative estimate of drug-likeness (QED) is 0.881. The third kappa shape index (κ3) is 3.51. The molecular formula is C13H10BrFN2O2. The Morgan fingerprint density at radius 2 is 2.16 bits per heavy atom. The summed E-state index contributed by atoms with van der Waals surface area (Å²) in [6.45, 7) is 0.0335. The Bertz CT molecular complexity index is 602. The number of hydrogen-bond acceptors (Lipinski definition) is 4. The number of nitrogens with two attached hydrogens (primary N) is 1. The maximum absolute atomic E-state index is 12.9. The number of ether oxygens (including phenoxy) is 1. The first kappa shape index (κ1) is 13.5. The molecule has 0 aliphatic carbocycles. The zero-order valence-corrected chi connectivity index (χ0v) is 11.4. The van der Waals surface area contributed by atoms with E-state index in [1.165, 1.54) is 24.4 Å². The van der Waals surface area contributed by atoms with Crippen LogP contribution < -0.4 is 5.73 Å². The average Bonchev–Trinajstić information content (AvgIpc) is 2.38. The van der Waals surface area contributed by atoms with E-state index in [0.717, 1.165) is 0 Å². The van der Waals surface area contributed by atoms with Crippen LogP contribution in [0, 0.1) is 5.82 Å². The molecule has 0 radical (unpaired) electrons. The van der Waals surface area contributed by atoms with E-state index in [-0.39, 0.29) is 18.1 Å². The van der Waals surface area contributed by atoms with Crippen molar-refractivity contribution < 1.29 is 13.9 Å². The Hall–Kier alpha value is -1.95. The second-order valence-electron chi connectivity index (χ2n) is 3.79. The molecule has 6 heteroatoms. The van der Waals surface area contributed by atoms with Gasteiger partial charge in [-0.15, -0.1) is 0 Å². The third-order valence-electron chi connectivity index (χ3n) is 2.37. The molecule has 0 spiro atoms. The molecule has 2 rings (SSSR count). The first-order valence-corrected chi connectivity index (χ1v) is 6.18. The van der Waals surface area contributed by atoms with Gasteiger partial charge in [-0.05, 0) is 24.3 Å². The molecule has 0 aliphatic rings. The third-order valence-corrected chi connectivity index (χ3v) is 3.11. The SMILES string of the molecule is Nc1ccc(C(=O)OCc2ccc(F)cc2Br)nc1. The van der Waals surface area contributed by atoms with Gasteiger partial charge in [0, 0.05) is 10.0 Å². The zero-order chi connectivity index (χ0) is 13.8. The van der Waals surface area contributed by atoms with E-state index in [1.807, 2.05) is 0 Å². The van der Waals surface area contributed by atoms with E-state index >= 15 is 0 Å². The van der Waals surface area contributed by atoms with Gasteiger partial charge in [-0.2, -0.15) is 0 Å². The van der Waals surface area contributed by atoms with Crippen LogP contribution in [0.2, 0.25) is 0 Å². The number of esters is 1. The predicted molar refractivity (Wildman–Crippen MR) is 71.9 cm³/mol. The van der Waals surface area contributed by atoms with E-state index in [1.54, 1.807) is 12.1 Å². The van der Waals surface area contributed by atoms with Gasteiger partial charge in [0.25, 0.3) is 0 Å². The van der Waals surface area contributed by atoms with Crippen LogP contribution in [0.25, 0.3) is 0 Å². The molecule has 2 N–H and O–H groups in total. The first-order valence-electron chi connectivity index (χ1n) is 5.39. The summed E-state index contributed by atoms with van der Waals surface area (Å²) < 4.78 is 18.5. The summed E-state index contributed by atoms with van der Waals surface area (Å²) in [6.07, 6.45) is 1.38. The molecule has 0 amide bonds. The number of hydrogen-bond donors (Lipinski definition) is 1. The second-order valence-corrected chi connectivity index (χ2v) is 4.64. The largest absolute Gasteiger partial charge is 0.456 e. The number of nitrogens with zero attached hydrogens (tertiary/aromatic N) is 1. The molecule has 19 heavy (non-hydrogen) atoms. The minimum absolute atomic E-state index is 0.0335. The molecular weight excluding hydrogens is 315 g/mol. The minimum Gasteiger partial charge on any atom is -0.456 e. The Morgan fingerprint density at radius 1 is 1.37 bits per heavy atom. The van der Waals surface area contributed by atoms with Crippen molar-refractivity contribution in [3.8, 4) is 0 Å². The van der Waals surface area contributed by atoms with Crippen LogP contribution in [0.15, 0.2) is 41.0 Å². The van der Waals surface area contributed by atoms with E-state index < -0.39 is 5.97 Å². The van der Waals surface area contributed by atoms with Crippen molar-refractivity contribution in [2.45, 2.75) is 6.61 Å². The van der Waals surface area contributed by atoms with Crippen LogP contribution in [-0.4, -0.2) is 11.0 Å². The van der Waals surface area contributed by atoms with E-state index in [4.69, 9.17) is 10.5 Å². The molecule has 0 fully saturated rings. The number of aromatic nitrogens is 1. The molecule has 4 nitrogen and oxygen atoms in total. The highest BCUT2D eigenvalue weighted by molar-refractivity contribution is 9.10. The van der Waals surface area contributed by atoms with Gasteiger partial charge in [-0.3, -0.25) is 0 Å². The molecule has 0 saturated heterocycles. The van der Waals surface area contributed by atoms with Crippen LogP contribution in [0.4, 0.5) is 10.1 Å². The van der Waals surface area contributed by atoms with Gasteiger partial charge >= 0.3 is 5.97 Å². The van der Waals surface area contributed by atoms with Crippen LogP contribution in [0.1, 0.15) is 16.1 Å². The van der Waals surface area contributed by atoms with Crippen LogP contribution in [-0.2, 0) is 11.3 Å². The van der Waals surface area contributed by atoms with Crippen molar-refractivity contribution in [2.75, 3.05) is 5.73 Å². The molecule has 1 heterocycles. The molecule has 1 aromatic heterocycles. The minimum atomic E-state index is -0.559. The van der Waals surface area contributed by atoms with Crippen molar-refractivity contribution in [1.29, 1.82) is 0 Å². The molecule has 0 atom stereocenters. The molecule has 0 bridgehead atoms. The molecule has 0 saturated carbocycles. The number of carbonyl (C=O) groups is 1. The van der Waals surface area contributed by atoms with Gasteiger partial charge in [0.15, 0.2) is 0 Å². The first-order chi connectivity index (χ1) is 9.06. The Balaban J connectivity index is 2.02. The smallest absolute Gasteiger partial charge is 0.357 e. The summed E-state index contributed by atoms with van der Waals surface area (Å²) in [5.41, 5.74) is 6.78. The summed E-state index contributed by atoms with van der Waals surface area (Å²) in [4.78, 5) is 15.5. The summed E-state index contributed by atoms with van der Waals surface area (Å²) in [5.74, 6) is -0.918. The van der Waals surface area contributed by atoms with Crippen molar-refractivity contribution in [2.24, 2.45) is 0 Å². The van der Waals surface area contributed by atoms with Gasteiger partial charge < -0.3 is 10.5 Å². The van der Waals surface area contributed by atoms with Crippen molar-refractivity contribution >= 4 is 27.6 Å². The predicted octanol–water partition coefficient (Wildman–Crippen LogP) is 2.92. The number of anilines is 1. The number of halogens is 2. The van der Waals surface area contributed by atoms with Gasteiger partial charge in [0.2, 0.25) is 0 Å². The van der Waals surface area contributed by atoms with E-state index in [2.05, 4.69) is 20.9 Å². The van der Waals surface area contributed by atoms with Crippen molar-refractivity contribution in [3.05, 3.63) is 58.1 Å². The number of benzene rings is 1. The number of rotatable bonds is 3. The molecule has 98 valence electrons. The molecule has 0 aliphatic heterocycles. The van der Waals surface area contributed by atoms with Crippen LogP contribution in [0.5, 0.6) is 0 Å². The summed E-state index contributed by atoms with van der Waals surface area (Å²) in [7, 11) is 0. The van der Waals surface area contributed by atoms with Crippen molar-refractivity contribution in [1.82, 2.24) is 4.98 Å². The summed E-state index contributed by atoms with van der Waals surface area (Å²) >= 11 is 3.20. The monoisotopic (exact) mass is 324 g/mol. The van der Waals surface area contributed by atoms with E-state index in [0.29, 0.717) is 15.7 Å². The fraction of sp³-hybridized carbons (Fsp3) is 0.0769. The van der Waals surface area contributed by atoms with Crippen LogP contribution >= 0.6 is 15.9 Å². The second kappa shape index (κ2) is 5.79. The summed E-state index contributed by atoms with van der Waals surface area (Å²) in [6, 6.07) is 7.21. The highest BCUT2D eigenvalue weighted by Gasteiger charge is 2.10. The highest BCUT2D eigenvalue weighted by atomic mass is 79.9. The fourth-order valence-electron chi connectivity index (χ4n) is 1.38. The Labute approximate surface area is 117 Å². The molecule has 2 aromatic rings. The lowest BCUT2D eigenvalue weighted by molar-refractivity contribution is 0.0465.